The highest BCUT2D eigenvalue weighted by molar-refractivity contribution is 5.91. The molecule has 0 spiro atoms. The van der Waals surface area contributed by atoms with Gasteiger partial charge in [-0.15, -0.1) is 0 Å². The first-order valence-electron chi connectivity index (χ1n) is 7.95. The highest BCUT2D eigenvalue weighted by Crippen LogP contribution is 2.27. The number of carbonyl (C=O) groups excluding carboxylic acids is 1. The van der Waals surface area contributed by atoms with E-state index in [1.807, 2.05) is 43.7 Å². The molecule has 2 N–H and O–H groups in total. The van der Waals surface area contributed by atoms with Crippen molar-refractivity contribution in [2.24, 2.45) is 7.05 Å². The standard InChI is InChI=1S/C18H21N5O2/c1-11-7-16(25-4)17(12(2)21-11)22-18(24)19-9-13-5-6-15-14(8-13)20-10-23(15)3/h5-8,10H,9H2,1-4H3,(H2,19,22,24). The molecule has 0 fully saturated rings. The number of imidazole rings is 1. The predicted octanol–water partition coefficient (Wildman–Crippen LogP) is 2.92. The van der Waals surface area contributed by atoms with E-state index in [0.717, 1.165) is 22.3 Å². The van der Waals surface area contributed by atoms with Crippen LogP contribution in [0.15, 0.2) is 30.6 Å². The number of nitrogens with zero attached hydrogens (tertiary/aromatic N) is 3. The number of anilines is 1. The van der Waals surface area contributed by atoms with Crippen LogP contribution >= 0.6 is 0 Å². The van der Waals surface area contributed by atoms with Crippen LogP contribution < -0.4 is 15.4 Å². The Kier molecular flexibility index (Phi) is 4.56. The normalized spacial score (nSPS) is 10.7. The summed E-state index contributed by atoms with van der Waals surface area (Å²) in [5.41, 5.74) is 5.06. The summed E-state index contributed by atoms with van der Waals surface area (Å²) in [4.78, 5) is 20.9. The summed E-state index contributed by atoms with van der Waals surface area (Å²) in [6, 6.07) is 7.41. The lowest BCUT2D eigenvalue weighted by molar-refractivity contribution is 0.251. The number of carbonyl (C=O) groups is 1. The molecule has 2 aromatic heterocycles. The Labute approximate surface area is 146 Å². The molecule has 0 aliphatic rings. The summed E-state index contributed by atoms with van der Waals surface area (Å²) in [6.45, 7) is 4.12. The van der Waals surface area contributed by atoms with Crippen molar-refractivity contribution < 1.29 is 9.53 Å². The van der Waals surface area contributed by atoms with Gasteiger partial charge in [0.2, 0.25) is 0 Å². The van der Waals surface area contributed by atoms with E-state index in [4.69, 9.17) is 4.74 Å². The van der Waals surface area contributed by atoms with Crippen molar-refractivity contribution in [1.29, 1.82) is 0 Å². The molecule has 3 aromatic rings. The molecule has 2 heterocycles. The van der Waals surface area contributed by atoms with E-state index in [-0.39, 0.29) is 6.03 Å². The van der Waals surface area contributed by atoms with Gasteiger partial charge in [-0.2, -0.15) is 0 Å². The van der Waals surface area contributed by atoms with Crippen LogP contribution in [0.25, 0.3) is 11.0 Å². The number of benzene rings is 1. The maximum absolute atomic E-state index is 12.2. The number of ether oxygens (including phenoxy) is 1. The second-order valence-electron chi connectivity index (χ2n) is 5.91. The van der Waals surface area contributed by atoms with Crippen molar-refractivity contribution in [1.82, 2.24) is 19.9 Å². The van der Waals surface area contributed by atoms with Gasteiger partial charge in [-0.05, 0) is 31.5 Å². The van der Waals surface area contributed by atoms with Gasteiger partial charge >= 0.3 is 6.03 Å². The fraction of sp³-hybridized carbons (Fsp3) is 0.278. The number of methoxy groups -OCH3 is 1. The number of pyridine rings is 1. The van der Waals surface area contributed by atoms with E-state index < -0.39 is 0 Å². The molecular formula is C18H21N5O2. The third-order valence-corrected chi connectivity index (χ3v) is 3.99. The molecule has 25 heavy (non-hydrogen) atoms. The van der Waals surface area contributed by atoms with Gasteiger partial charge in [-0.1, -0.05) is 6.07 Å². The fourth-order valence-corrected chi connectivity index (χ4v) is 2.74. The molecule has 3 rings (SSSR count). The summed E-state index contributed by atoms with van der Waals surface area (Å²) in [5.74, 6) is 0.593. The number of aryl methyl sites for hydroxylation is 3. The van der Waals surface area contributed by atoms with Gasteiger partial charge in [0, 0.05) is 25.4 Å². The second-order valence-corrected chi connectivity index (χ2v) is 5.91. The van der Waals surface area contributed by atoms with Crippen LogP contribution in [0.4, 0.5) is 10.5 Å². The largest absolute Gasteiger partial charge is 0.494 e. The highest BCUT2D eigenvalue weighted by Gasteiger charge is 2.12. The minimum Gasteiger partial charge on any atom is -0.494 e. The van der Waals surface area contributed by atoms with Gasteiger partial charge in [0.15, 0.2) is 0 Å². The summed E-state index contributed by atoms with van der Waals surface area (Å²) in [5, 5.41) is 5.66. The average Bonchev–Trinajstić information content (AvgIpc) is 2.95. The number of rotatable bonds is 4. The van der Waals surface area contributed by atoms with E-state index in [2.05, 4.69) is 20.6 Å². The molecule has 0 aliphatic heterocycles. The van der Waals surface area contributed by atoms with Crippen LogP contribution in [-0.4, -0.2) is 27.7 Å². The number of hydrogen-bond donors (Lipinski definition) is 2. The van der Waals surface area contributed by atoms with Gasteiger partial charge in [0.05, 0.1) is 30.2 Å². The zero-order valence-electron chi connectivity index (χ0n) is 14.8. The van der Waals surface area contributed by atoms with Crippen LogP contribution in [0, 0.1) is 13.8 Å². The number of hydrogen-bond acceptors (Lipinski definition) is 4. The Bertz CT molecular complexity index is 933. The first-order chi connectivity index (χ1) is 12.0. The van der Waals surface area contributed by atoms with E-state index in [9.17, 15) is 4.79 Å². The van der Waals surface area contributed by atoms with Crippen molar-refractivity contribution in [3.63, 3.8) is 0 Å². The minimum atomic E-state index is -0.312. The zero-order chi connectivity index (χ0) is 18.0. The van der Waals surface area contributed by atoms with Crippen LogP contribution in [0.2, 0.25) is 0 Å². The van der Waals surface area contributed by atoms with E-state index in [1.54, 1.807) is 19.5 Å². The SMILES string of the molecule is COc1cc(C)nc(C)c1NC(=O)NCc1ccc2c(c1)ncn2C. The van der Waals surface area contributed by atoms with E-state index in [0.29, 0.717) is 23.7 Å². The molecule has 7 heteroatoms. The molecule has 1 aromatic carbocycles. The third kappa shape index (κ3) is 3.55. The minimum absolute atomic E-state index is 0.312. The van der Waals surface area contributed by atoms with Gasteiger partial charge in [0.1, 0.15) is 11.4 Å². The molecule has 0 radical (unpaired) electrons. The number of urea groups is 1. The molecule has 0 unspecified atom stereocenters. The summed E-state index contributed by atoms with van der Waals surface area (Å²) < 4.78 is 7.29. The van der Waals surface area contributed by atoms with Gasteiger partial charge in [0.25, 0.3) is 0 Å². The Morgan fingerprint density at radius 1 is 1.28 bits per heavy atom. The second kappa shape index (κ2) is 6.80. The van der Waals surface area contributed by atoms with Crippen LogP contribution in [-0.2, 0) is 13.6 Å². The Morgan fingerprint density at radius 3 is 2.84 bits per heavy atom. The topological polar surface area (TPSA) is 81.1 Å². The third-order valence-electron chi connectivity index (χ3n) is 3.99. The summed E-state index contributed by atoms with van der Waals surface area (Å²) in [6.07, 6.45) is 1.77. The maximum Gasteiger partial charge on any atom is 0.319 e. The van der Waals surface area contributed by atoms with E-state index >= 15 is 0 Å². The van der Waals surface area contributed by atoms with Crippen molar-refractivity contribution in [2.45, 2.75) is 20.4 Å². The smallest absolute Gasteiger partial charge is 0.319 e. The fourth-order valence-electron chi connectivity index (χ4n) is 2.74. The Hall–Kier alpha value is -3.09. The van der Waals surface area contributed by atoms with Crippen LogP contribution in [0.1, 0.15) is 17.0 Å². The lowest BCUT2D eigenvalue weighted by atomic mass is 10.2. The van der Waals surface area contributed by atoms with Crippen molar-refractivity contribution in [3.8, 4) is 5.75 Å². The molecular weight excluding hydrogens is 318 g/mol. The molecule has 2 amide bonds. The molecule has 0 bridgehead atoms. The zero-order valence-corrected chi connectivity index (χ0v) is 14.8. The predicted molar refractivity (Wildman–Crippen MR) is 96.8 cm³/mol. The maximum atomic E-state index is 12.2. The number of nitrogens with one attached hydrogen (secondary N) is 2. The number of aromatic nitrogens is 3. The molecule has 130 valence electrons. The van der Waals surface area contributed by atoms with Crippen molar-refractivity contribution in [2.75, 3.05) is 12.4 Å². The van der Waals surface area contributed by atoms with Gasteiger partial charge < -0.3 is 19.9 Å². The molecule has 0 saturated heterocycles. The molecule has 0 saturated carbocycles. The first kappa shape index (κ1) is 16.8. The lowest BCUT2D eigenvalue weighted by Crippen LogP contribution is -2.28. The first-order valence-corrected chi connectivity index (χ1v) is 7.95. The number of fused-ring (bicyclic) bond motifs is 1. The molecule has 0 aliphatic carbocycles. The molecule has 7 nitrogen and oxygen atoms in total. The highest BCUT2D eigenvalue weighted by atomic mass is 16.5. The number of amides is 2. The summed E-state index contributed by atoms with van der Waals surface area (Å²) >= 11 is 0. The quantitative estimate of drug-likeness (QED) is 0.766. The summed E-state index contributed by atoms with van der Waals surface area (Å²) in [7, 11) is 3.52. The monoisotopic (exact) mass is 339 g/mol. The van der Waals surface area contributed by atoms with E-state index in [1.165, 1.54) is 0 Å². The van der Waals surface area contributed by atoms with Crippen LogP contribution in [0.5, 0.6) is 5.75 Å². The Balaban J connectivity index is 1.68. The van der Waals surface area contributed by atoms with Crippen molar-refractivity contribution in [3.05, 3.63) is 47.5 Å². The molecule has 0 atom stereocenters. The lowest BCUT2D eigenvalue weighted by Gasteiger charge is -2.14. The van der Waals surface area contributed by atoms with Gasteiger partial charge in [-0.25, -0.2) is 9.78 Å². The average molecular weight is 339 g/mol. The Morgan fingerprint density at radius 2 is 2.08 bits per heavy atom. The van der Waals surface area contributed by atoms with Crippen molar-refractivity contribution >= 4 is 22.8 Å². The van der Waals surface area contributed by atoms with Gasteiger partial charge in [-0.3, -0.25) is 4.98 Å². The van der Waals surface area contributed by atoms with Crippen LogP contribution in [0.3, 0.4) is 0 Å².